The van der Waals surface area contributed by atoms with Crippen molar-refractivity contribution in [1.82, 2.24) is 5.32 Å². The quantitative estimate of drug-likeness (QED) is 0.373. The lowest BCUT2D eigenvalue weighted by molar-refractivity contribution is 0.464. The molecular formula is C10H16N2O. The number of phenols is 1. The topological polar surface area (TPSA) is 58.3 Å². The summed E-state index contributed by atoms with van der Waals surface area (Å²) in [5.74, 6) is 0.304. The number of aromatic hydroxyl groups is 1. The van der Waals surface area contributed by atoms with Gasteiger partial charge in [0.2, 0.25) is 0 Å². The summed E-state index contributed by atoms with van der Waals surface area (Å²) in [5, 5.41) is 12.6. The summed E-state index contributed by atoms with van der Waals surface area (Å²) in [6, 6.07) is 5.11. The van der Waals surface area contributed by atoms with E-state index in [0.717, 1.165) is 18.5 Å². The lowest BCUT2D eigenvalue weighted by Gasteiger charge is -2.06. The molecule has 0 aliphatic rings. The standard InChI is InChI=1S/C10H16N2O/c1-2-5-12-7-8-6-9(11)3-4-10(8)13/h3-4,6,12-13H,2,5,7,11H2,1H3. The van der Waals surface area contributed by atoms with Gasteiger partial charge in [-0.25, -0.2) is 0 Å². The first kappa shape index (κ1) is 9.86. The molecule has 0 unspecified atom stereocenters. The van der Waals surface area contributed by atoms with Crippen molar-refractivity contribution >= 4 is 5.69 Å². The van der Waals surface area contributed by atoms with E-state index in [1.54, 1.807) is 18.2 Å². The van der Waals surface area contributed by atoms with Gasteiger partial charge in [0, 0.05) is 17.8 Å². The highest BCUT2D eigenvalue weighted by Crippen LogP contribution is 2.19. The number of phenolic OH excluding ortho intramolecular Hbond substituents is 1. The van der Waals surface area contributed by atoms with E-state index in [9.17, 15) is 5.11 Å². The van der Waals surface area contributed by atoms with Crippen molar-refractivity contribution in [3.05, 3.63) is 23.8 Å². The molecule has 0 heterocycles. The number of nitrogens with two attached hydrogens (primary N) is 1. The average Bonchev–Trinajstić information content (AvgIpc) is 2.11. The number of nitrogens with one attached hydrogen (secondary N) is 1. The van der Waals surface area contributed by atoms with E-state index in [-0.39, 0.29) is 0 Å². The minimum atomic E-state index is 0.304. The van der Waals surface area contributed by atoms with Gasteiger partial charge in [-0.15, -0.1) is 0 Å². The molecule has 72 valence electrons. The number of anilines is 1. The number of nitrogen functional groups attached to an aromatic ring is 1. The van der Waals surface area contributed by atoms with Crippen molar-refractivity contribution < 1.29 is 5.11 Å². The third kappa shape index (κ3) is 2.95. The molecule has 1 aromatic rings. The van der Waals surface area contributed by atoms with Crippen LogP contribution in [0.4, 0.5) is 5.69 Å². The Labute approximate surface area is 78.6 Å². The summed E-state index contributed by atoms with van der Waals surface area (Å²) in [5.41, 5.74) is 7.13. The first-order valence-electron chi connectivity index (χ1n) is 4.52. The molecule has 0 bridgehead atoms. The van der Waals surface area contributed by atoms with Crippen LogP contribution in [0.3, 0.4) is 0 Å². The van der Waals surface area contributed by atoms with Gasteiger partial charge in [-0.2, -0.15) is 0 Å². The third-order valence-electron chi connectivity index (χ3n) is 1.85. The predicted molar refractivity (Wildman–Crippen MR) is 54.5 cm³/mol. The maximum Gasteiger partial charge on any atom is 0.120 e. The molecule has 0 spiro atoms. The Morgan fingerprint density at radius 3 is 2.92 bits per heavy atom. The van der Waals surface area contributed by atoms with Crippen LogP contribution < -0.4 is 11.1 Å². The highest BCUT2D eigenvalue weighted by molar-refractivity contribution is 5.47. The molecule has 4 N–H and O–H groups in total. The van der Waals surface area contributed by atoms with Gasteiger partial charge < -0.3 is 16.2 Å². The second-order valence-corrected chi connectivity index (χ2v) is 3.06. The Balaban J connectivity index is 2.59. The molecule has 3 heteroatoms. The van der Waals surface area contributed by atoms with Crippen LogP contribution in [0, 0.1) is 0 Å². The zero-order valence-corrected chi connectivity index (χ0v) is 7.88. The van der Waals surface area contributed by atoms with Gasteiger partial charge in [0.25, 0.3) is 0 Å². The molecule has 0 aliphatic carbocycles. The van der Waals surface area contributed by atoms with E-state index < -0.39 is 0 Å². The molecule has 0 amide bonds. The Kier molecular flexibility index (Phi) is 3.58. The second kappa shape index (κ2) is 4.72. The molecule has 1 rings (SSSR count). The fraction of sp³-hybridized carbons (Fsp3) is 0.400. The van der Waals surface area contributed by atoms with Crippen LogP contribution in [0.1, 0.15) is 18.9 Å². The van der Waals surface area contributed by atoms with Crippen LogP contribution in [-0.2, 0) is 6.54 Å². The highest BCUT2D eigenvalue weighted by atomic mass is 16.3. The van der Waals surface area contributed by atoms with Crippen LogP contribution in [0.5, 0.6) is 5.75 Å². The Morgan fingerprint density at radius 1 is 1.46 bits per heavy atom. The summed E-state index contributed by atoms with van der Waals surface area (Å²) in [4.78, 5) is 0. The number of hydrogen-bond acceptors (Lipinski definition) is 3. The second-order valence-electron chi connectivity index (χ2n) is 3.06. The molecule has 0 radical (unpaired) electrons. The smallest absolute Gasteiger partial charge is 0.120 e. The van der Waals surface area contributed by atoms with Crippen molar-refractivity contribution in [3.8, 4) is 5.75 Å². The van der Waals surface area contributed by atoms with Gasteiger partial charge in [-0.3, -0.25) is 0 Å². The maximum atomic E-state index is 9.44. The van der Waals surface area contributed by atoms with Gasteiger partial charge in [0.15, 0.2) is 0 Å². The molecule has 0 aromatic heterocycles. The fourth-order valence-electron chi connectivity index (χ4n) is 1.15. The van der Waals surface area contributed by atoms with Crippen LogP contribution >= 0.6 is 0 Å². The lowest BCUT2D eigenvalue weighted by atomic mass is 10.2. The normalized spacial score (nSPS) is 10.2. The first-order valence-corrected chi connectivity index (χ1v) is 4.52. The highest BCUT2D eigenvalue weighted by Gasteiger charge is 1.99. The summed E-state index contributed by atoms with van der Waals surface area (Å²) >= 11 is 0. The van der Waals surface area contributed by atoms with E-state index in [2.05, 4.69) is 12.2 Å². The fourth-order valence-corrected chi connectivity index (χ4v) is 1.15. The monoisotopic (exact) mass is 180 g/mol. The van der Waals surface area contributed by atoms with Gasteiger partial charge in [-0.05, 0) is 31.2 Å². The van der Waals surface area contributed by atoms with Gasteiger partial charge in [0.05, 0.1) is 0 Å². The van der Waals surface area contributed by atoms with E-state index >= 15 is 0 Å². The van der Waals surface area contributed by atoms with E-state index in [1.807, 2.05) is 0 Å². The van der Waals surface area contributed by atoms with Crippen LogP contribution in [0.15, 0.2) is 18.2 Å². The Morgan fingerprint density at radius 2 is 2.23 bits per heavy atom. The zero-order valence-electron chi connectivity index (χ0n) is 7.88. The number of rotatable bonds is 4. The molecule has 0 saturated heterocycles. The lowest BCUT2D eigenvalue weighted by Crippen LogP contribution is -2.13. The SMILES string of the molecule is CCCNCc1cc(N)ccc1O. The van der Waals surface area contributed by atoms with Crippen molar-refractivity contribution in [2.24, 2.45) is 0 Å². The average molecular weight is 180 g/mol. The largest absolute Gasteiger partial charge is 0.508 e. The summed E-state index contributed by atoms with van der Waals surface area (Å²) in [6.07, 6.45) is 1.09. The molecular weight excluding hydrogens is 164 g/mol. The Hall–Kier alpha value is -1.22. The predicted octanol–water partition coefficient (Wildman–Crippen LogP) is 1.47. The van der Waals surface area contributed by atoms with Crippen molar-refractivity contribution in [1.29, 1.82) is 0 Å². The van der Waals surface area contributed by atoms with Gasteiger partial charge in [0.1, 0.15) is 5.75 Å². The summed E-state index contributed by atoms with van der Waals surface area (Å²) in [6.45, 7) is 3.73. The van der Waals surface area contributed by atoms with E-state index in [1.165, 1.54) is 0 Å². The van der Waals surface area contributed by atoms with Crippen molar-refractivity contribution in [2.75, 3.05) is 12.3 Å². The van der Waals surface area contributed by atoms with E-state index in [0.29, 0.717) is 18.0 Å². The van der Waals surface area contributed by atoms with Crippen molar-refractivity contribution in [2.45, 2.75) is 19.9 Å². The first-order chi connectivity index (χ1) is 6.24. The summed E-state index contributed by atoms with van der Waals surface area (Å²) in [7, 11) is 0. The number of hydrogen-bond donors (Lipinski definition) is 3. The molecule has 3 nitrogen and oxygen atoms in total. The van der Waals surface area contributed by atoms with Gasteiger partial charge >= 0.3 is 0 Å². The van der Waals surface area contributed by atoms with Crippen molar-refractivity contribution in [3.63, 3.8) is 0 Å². The molecule has 13 heavy (non-hydrogen) atoms. The maximum absolute atomic E-state index is 9.44. The van der Waals surface area contributed by atoms with Crippen LogP contribution in [0.25, 0.3) is 0 Å². The third-order valence-corrected chi connectivity index (χ3v) is 1.85. The molecule has 0 aliphatic heterocycles. The molecule has 0 fully saturated rings. The molecule has 0 saturated carbocycles. The molecule has 1 aromatic carbocycles. The van der Waals surface area contributed by atoms with Crippen LogP contribution in [-0.4, -0.2) is 11.7 Å². The molecule has 0 atom stereocenters. The zero-order chi connectivity index (χ0) is 9.68. The minimum absolute atomic E-state index is 0.304. The number of benzene rings is 1. The van der Waals surface area contributed by atoms with Crippen LogP contribution in [0.2, 0.25) is 0 Å². The summed E-state index contributed by atoms with van der Waals surface area (Å²) < 4.78 is 0. The van der Waals surface area contributed by atoms with E-state index in [4.69, 9.17) is 5.73 Å². The minimum Gasteiger partial charge on any atom is -0.508 e. The Bertz CT molecular complexity index is 274. The van der Waals surface area contributed by atoms with Gasteiger partial charge in [-0.1, -0.05) is 6.92 Å².